The lowest BCUT2D eigenvalue weighted by atomic mass is 10.1. The van der Waals surface area contributed by atoms with Crippen molar-refractivity contribution in [1.29, 1.82) is 0 Å². The van der Waals surface area contributed by atoms with Gasteiger partial charge in [0.2, 0.25) is 0 Å². The van der Waals surface area contributed by atoms with Gasteiger partial charge in [-0.15, -0.1) is 0 Å². The molecule has 4 nitrogen and oxygen atoms in total. The van der Waals surface area contributed by atoms with Crippen LogP contribution in [0.2, 0.25) is 0 Å². The van der Waals surface area contributed by atoms with E-state index in [9.17, 15) is 4.79 Å². The number of anilines is 1. The van der Waals surface area contributed by atoms with Gasteiger partial charge in [0.25, 0.3) is 0 Å². The highest BCUT2D eigenvalue weighted by atomic mass is 16.5. The van der Waals surface area contributed by atoms with Crippen molar-refractivity contribution in [2.24, 2.45) is 0 Å². The van der Waals surface area contributed by atoms with Crippen LogP contribution in [0.5, 0.6) is 0 Å². The van der Waals surface area contributed by atoms with E-state index >= 15 is 0 Å². The van der Waals surface area contributed by atoms with Gasteiger partial charge in [-0.2, -0.15) is 0 Å². The van der Waals surface area contributed by atoms with Gasteiger partial charge in [-0.05, 0) is 38.2 Å². The quantitative estimate of drug-likeness (QED) is 0.459. The molecule has 0 unspecified atom stereocenters. The Morgan fingerprint density at radius 1 is 1.29 bits per heavy atom. The number of hydrogen-bond donors (Lipinski definition) is 1. The Balaban J connectivity index is 2.23. The largest absolute Gasteiger partial charge is 0.465 e. The van der Waals surface area contributed by atoms with Crippen molar-refractivity contribution in [1.82, 2.24) is 4.90 Å². The number of nitrogens with zero attached hydrogens (tertiary/aromatic N) is 1. The van der Waals surface area contributed by atoms with Crippen LogP contribution in [0.15, 0.2) is 24.3 Å². The highest BCUT2D eigenvalue weighted by molar-refractivity contribution is 5.72. The van der Waals surface area contributed by atoms with Crippen LogP contribution in [-0.2, 0) is 16.0 Å². The maximum atomic E-state index is 11.5. The van der Waals surface area contributed by atoms with Gasteiger partial charge in [-0.1, -0.05) is 12.1 Å². The summed E-state index contributed by atoms with van der Waals surface area (Å²) in [6.45, 7) is 1.40. The minimum Gasteiger partial charge on any atom is -0.465 e. The first-order valence-electron chi connectivity index (χ1n) is 5.72. The Morgan fingerprint density at radius 3 is 2.53 bits per heavy atom. The molecule has 94 valence electrons. The molecule has 4 heteroatoms. The van der Waals surface area contributed by atoms with E-state index in [1.165, 1.54) is 0 Å². The summed E-state index contributed by atoms with van der Waals surface area (Å²) in [6, 6.07) is 7.26. The fourth-order valence-corrected chi connectivity index (χ4v) is 1.42. The van der Waals surface area contributed by atoms with Crippen molar-refractivity contribution < 1.29 is 9.53 Å². The van der Waals surface area contributed by atoms with E-state index in [2.05, 4.69) is 4.90 Å². The average Bonchev–Trinajstić information content (AvgIpc) is 2.27. The van der Waals surface area contributed by atoms with Crippen LogP contribution in [0.4, 0.5) is 5.69 Å². The van der Waals surface area contributed by atoms with Crippen LogP contribution < -0.4 is 5.73 Å². The highest BCUT2D eigenvalue weighted by Crippen LogP contribution is 2.06. The number of carbonyl (C=O) groups is 1. The van der Waals surface area contributed by atoms with Gasteiger partial charge in [0.05, 0.1) is 13.0 Å². The van der Waals surface area contributed by atoms with Crippen molar-refractivity contribution in [3.63, 3.8) is 0 Å². The summed E-state index contributed by atoms with van der Waals surface area (Å²) in [5, 5.41) is 0. The lowest BCUT2D eigenvalue weighted by molar-refractivity contribution is -0.143. The number of ether oxygens (including phenoxy) is 1. The summed E-state index contributed by atoms with van der Waals surface area (Å²) in [7, 11) is 3.99. The molecule has 0 saturated carbocycles. The number of benzene rings is 1. The molecule has 2 N–H and O–H groups in total. The molecule has 0 heterocycles. The first-order chi connectivity index (χ1) is 8.08. The standard InChI is InChI=1S/C13H20N2O2/c1-15(2)8-3-9-17-13(16)10-11-4-6-12(14)7-5-11/h4-7H,3,8-10,14H2,1-2H3. The van der Waals surface area contributed by atoms with E-state index in [-0.39, 0.29) is 5.97 Å². The van der Waals surface area contributed by atoms with Crippen molar-refractivity contribution in [2.45, 2.75) is 12.8 Å². The van der Waals surface area contributed by atoms with E-state index in [1.807, 2.05) is 26.2 Å². The average molecular weight is 236 g/mol. The zero-order valence-electron chi connectivity index (χ0n) is 10.5. The predicted molar refractivity (Wildman–Crippen MR) is 68.7 cm³/mol. The second kappa shape index (κ2) is 6.91. The zero-order chi connectivity index (χ0) is 12.7. The summed E-state index contributed by atoms with van der Waals surface area (Å²) in [5.74, 6) is -0.187. The number of nitrogens with two attached hydrogens (primary N) is 1. The molecular weight excluding hydrogens is 216 g/mol. The molecule has 1 aromatic carbocycles. The van der Waals surface area contributed by atoms with Gasteiger partial charge in [0.15, 0.2) is 0 Å². The fraction of sp³-hybridized carbons (Fsp3) is 0.462. The van der Waals surface area contributed by atoms with Crippen LogP contribution in [-0.4, -0.2) is 38.1 Å². The van der Waals surface area contributed by atoms with Crippen molar-refractivity contribution in [3.8, 4) is 0 Å². The Hall–Kier alpha value is -1.55. The zero-order valence-corrected chi connectivity index (χ0v) is 10.5. The molecule has 0 fully saturated rings. The maximum Gasteiger partial charge on any atom is 0.310 e. The monoisotopic (exact) mass is 236 g/mol. The molecule has 0 aliphatic rings. The van der Waals surface area contributed by atoms with Crippen LogP contribution in [0.1, 0.15) is 12.0 Å². The molecule has 0 spiro atoms. The smallest absolute Gasteiger partial charge is 0.310 e. The number of esters is 1. The van der Waals surface area contributed by atoms with Crippen molar-refractivity contribution >= 4 is 11.7 Å². The predicted octanol–water partition coefficient (Wildman–Crippen LogP) is 1.31. The molecule has 0 atom stereocenters. The molecule has 0 bridgehead atoms. The van der Waals surface area contributed by atoms with E-state index in [4.69, 9.17) is 10.5 Å². The molecule has 0 saturated heterocycles. The summed E-state index contributed by atoms with van der Waals surface area (Å²) in [5.41, 5.74) is 7.19. The summed E-state index contributed by atoms with van der Waals surface area (Å²) < 4.78 is 5.13. The third kappa shape index (κ3) is 5.92. The Bertz CT molecular complexity index is 347. The van der Waals surface area contributed by atoms with Gasteiger partial charge in [0, 0.05) is 12.2 Å². The Kier molecular flexibility index (Phi) is 5.49. The number of hydrogen-bond acceptors (Lipinski definition) is 4. The van der Waals surface area contributed by atoms with Gasteiger partial charge >= 0.3 is 5.97 Å². The van der Waals surface area contributed by atoms with Crippen LogP contribution in [0.3, 0.4) is 0 Å². The normalized spacial score (nSPS) is 10.5. The fourth-order valence-electron chi connectivity index (χ4n) is 1.42. The molecule has 0 amide bonds. The number of nitrogen functional groups attached to an aromatic ring is 1. The van der Waals surface area contributed by atoms with Crippen molar-refractivity contribution in [2.75, 3.05) is 33.0 Å². The molecule has 17 heavy (non-hydrogen) atoms. The van der Waals surface area contributed by atoms with Gasteiger partial charge in [0.1, 0.15) is 0 Å². The summed E-state index contributed by atoms with van der Waals surface area (Å²) >= 11 is 0. The number of carbonyl (C=O) groups excluding carboxylic acids is 1. The Labute approximate surface area is 102 Å². The highest BCUT2D eigenvalue weighted by Gasteiger charge is 2.04. The second-order valence-electron chi connectivity index (χ2n) is 4.30. The van der Waals surface area contributed by atoms with Gasteiger partial charge in [-0.3, -0.25) is 4.79 Å². The first-order valence-corrected chi connectivity index (χ1v) is 5.72. The minimum atomic E-state index is -0.187. The molecule has 0 aliphatic carbocycles. The molecule has 0 radical (unpaired) electrons. The molecule has 1 rings (SSSR count). The number of rotatable bonds is 6. The first kappa shape index (κ1) is 13.5. The van der Waals surface area contributed by atoms with Crippen LogP contribution >= 0.6 is 0 Å². The maximum absolute atomic E-state index is 11.5. The van der Waals surface area contributed by atoms with E-state index in [1.54, 1.807) is 12.1 Å². The minimum absolute atomic E-state index is 0.187. The molecule has 1 aromatic rings. The SMILES string of the molecule is CN(C)CCCOC(=O)Cc1ccc(N)cc1. The lowest BCUT2D eigenvalue weighted by Crippen LogP contribution is -2.16. The summed E-state index contributed by atoms with van der Waals surface area (Å²) in [6.07, 6.45) is 1.17. The van der Waals surface area contributed by atoms with E-state index in [0.717, 1.165) is 18.5 Å². The van der Waals surface area contributed by atoms with Crippen LogP contribution in [0, 0.1) is 0 Å². The Morgan fingerprint density at radius 2 is 1.94 bits per heavy atom. The van der Waals surface area contributed by atoms with E-state index < -0.39 is 0 Å². The molecule has 0 aliphatic heterocycles. The third-order valence-electron chi connectivity index (χ3n) is 2.34. The third-order valence-corrected chi connectivity index (χ3v) is 2.34. The van der Waals surface area contributed by atoms with Gasteiger partial charge in [-0.25, -0.2) is 0 Å². The molecule has 0 aromatic heterocycles. The second-order valence-corrected chi connectivity index (χ2v) is 4.30. The topological polar surface area (TPSA) is 55.6 Å². The lowest BCUT2D eigenvalue weighted by Gasteiger charge is -2.09. The van der Waals surface area contributed by atoms with E-state index in [0.29, 0.717) is 18.7 Å². The summed E-state index contributed by atoms with van der Waals surface area (Å²) in [4.78, 5) is 13.5. The molecular formula is C13H20N2O2. The van der Waals surface area contributed by atoms with Gasteiger partial charge < -0.3 is 15.4 Å². The van der Waals surface area contributed by atoms with Crippen LogP contribution in [0.25, 0.3) is 0 Å². The van der Waals surface area contributed by atoms with Crippen molar-refractivity contribution in [3.05, 3.63) is 29.8 Å².